The first-order chi connectivity index (χ1) is 12.0. The van der Waals surface area contributed by atoms with E-state index in [1.807, 2.05) is 19.9 Å². The van der Waals surface area contributed by atoms with E-state index in [4.69, 9.17) is 9.47 Å². The molecule has 134 valence electrons. The van der Waals surface area contributed by atoms with E-state index in [0.29, 0.717) is 55.1 Å². The van der Waals surface area contributed by atoms with Crippen LogP contribution in [0.25, 0.3) is 10.9 Å². The smallest absolute Gasteiger partial charge is 0.409 e. The number of fused-ring (bicyclic) bond motifs is 1. The van der Waals surface area contributed by atoms with Crippen molar-refractivity contribution >= 4 is 17.0 Å². The topological polar surface area (TPSA) is 51.7 Å². The van der Waals surface area contributed by atoms with E-state index in [1.165, 1.54) is 12.1 Å². The summed E-state index contributed by atoms with van der Waals surface area (Å²) in [6, 6.07) is 6.40. The average Bonchev–Trinajstić information content (AvgIpc) is 2.60. The predicted octanol–water partition coefficient (Wildman–Crippen LogP) is 4.01. The lowest BCUT2D eigenvalue weighted by molar-refractivity contribution is 0.0621. The number of halogens is 1. The Morgan fingerprint density at radius 1 is 1.36 bits per heavy atom. The van der Waals surface area contributed by atoms with Crippen LogP contribution in [-0.4, -0.2) is 41.8 Å². The van der Waals surface area contributed by atoms with E-state index in [-0.39, 0.29) is 18.0 Å². The van der Waals surface area contributed by atoms with Gasteiger partial charge >= 0.3 is 6.09 Å². The molecule has 5 nitrogen and oxygen atoms in total. The van der Waals surface area contributed by atoms with E-state index in [0.717, 1.165) is 0 Å². The third-order valence-corrected chi connectivity index (χ3v) is 4.17. The highest BCUT2D eigenvalue weighted by atomic mass is 19.1. The molecule has 1 amide bonds. The molecule has 3 rings (SSSR count). The number of pyridine rings is 1. The van der Waals surface area contributed by atoms with Crippen molar-refractivity contribution in [2.45, 2.75) is 32.8 Å². The Balaban J connectivity index is 1.60. The second-order valence-corrected chi connectivity index (χ2v) is 6.75. The monoisotopic (exact) mass is 346 g/mol. The Bertz CT molecular complexity index is 743. The zero-order valence-corrected chi connectivity index (χ0v) is 14.6. The van der Waals surface area contributed by atoms with Crippen LogP contribution < -0.4 is 4.74 Å². The summed E-state index contributed by atoms with van der Waals surface area (Å²) in [4.78, 5) is 18.0. The van der Waals surface area contributed by atoms with Crippen molar-refractivity contribution in [2.24, 2.45) is 5.92 Å². The van der Waals surface area contributed by atoms with Crippen LogP contribution in [0.3, 0.4) is 0 Å². The third kappa shape index (κ3) is 4.38. The summed E-state index contributed by atoms with van der Waals surface area (Å²) in [5.41, 5.74) is 0.655. The van der Waals surface area contributed by atoms with Crippen LogP contribution in [-0.2, 0) is 4.74 Å². The molecule has 0 aliphatic carbocycles. The minimum Gasteiger partial charge on any atom is -0.488 e. The highest BCUT2D eigenvalue weighted by Gasteiger charge is 2.25. The van der Waals surface area contributed by atoms with Crippen molar-refractivity contribution in [2.75, 3.05) is 19.7 Å². The molecule has 0 unspecified atom stereocenters. The zero-order chi connectivity index (χ0) is 17.8. The summed E-state index contributed by atoms with van der Waals surface area (Å²) in [6.45, 7) is 5.58. The fourth-order valence-corrected chi connectivity index (χ4v) is 2.88. The summed E-state index contributed by atoms with van der Waals surface area (Å²) in [5, 5.41) is 0.715. The van der Waals surface area contributed by atoms with Crippen LogP contribution in [0.15, 0.2) is 30.5 Å². The molecule has 1 saturated heterocycles. The van der Waals surface area contributed by atoms with Crippen LogP contribution in [0, 0.1) is 11.7 Å². The number of aromatic nitrogens is 1. The van der Waals surface area contributed by atoms with Crippen molar-refractivity contribution in [3.63, 3.8) is 0 Å². The molecule has 0 saturated carbocycles. The molecule has 1 aromatic carbocycles. The lowest BCUT2D eigenvalue weighted by Crippen LogP contribution is -2.42. The van der Waals surface area contributed by atoms with Gasteiger partial charge in [0.25, 0.3) is 0 Å². The minimum absolute atomic E-state index is 0.0684. The Labute approximate surface area is 146 Å². The van der Waals surface area contributed by atoms with Crippen LogP contribution >= 0.6 is 0 Å². The van der Waals surface area contributed by atoms with Crippen LogP contribution in [0.4, 0.5) is 9.18 Å². The van der Waals surface area contributed by atoms with Gasteiger partial charge in [0.15, 0.2) is 0 Å². The number of benzene rings is 1. The van der Waals surface area contributed by atoms with Gasteiger partial charge in [-0.1, -0.05) is 19.9 Å². The Morgan fingerprint density at radius 2 is 2.12 bits per heavy atom. The molecule has 0 N–H and O–H groups in total. The van der Waals surface area contributed by atoms with Crippen LogP contribution in [0.5, 0.6) is 5.75 Å². The van der Waals surface area contributed by atoms with Crippen molar-refractivity contribution in [1.29, 1.82) is 0 Å². The first kappa shape index (κ1) is 17.5. The average molecular weight is 346 g/mol. The minimum atomic E-state index is -0.342. The van der Waals surface area contributed by atoms with Gasteiger partial charge in [-0.15, -0.1) is 0 Å². The van der Waals surface area contributed by atoms with E-state index < -0.39 is 0 Å². The third-order valence-electron chi connectivity index (χ3n) is 4.17. The van der Waals surface area contributed by atoms with Gasteiger partial charge in [0.05, 0.1) is 6.61 Å². The maximum absolute atomic E-state index is 13.8. The lowest BCUT2D eigenvalue weighted by Gasteiger charge is -2.31. The zero-order valence-electron chi connectivity index (χ0n) is 14.6. The molecule has 0 spiro atoms. The summed E-state index contributed by atoms with van der Waals surface area (Å²) >= 11 is 0. The number of hydrogen-bond donors (Lipinski definition) is 0. The first-order valence-corrected chi connectivity index (χ1v) is 8.65. The number of nitrogens with zero attached hydrogens (tertiary/aromatic N) is 2. The van der Waals surface area contributed by atoms with Gasteiger partial charge in [0.1, 0.15) is 23.2 Å². The molecule has 6 heteroatoms. The number of carbonyl (C=O) groups excluding carboxylic acids is 1. The second-order valence-electron chi connectivity index (χ2n) is 6.75. The maximum atomic E-state index is 13.8. The largest absolute Gasteiger partial charge is 0.488 e. The van der Waals surface area contributed by atoms with Crippen molar-refractivity contribution in [3.8, 4) is 5.75 Å². The predicted molar refractivity (Wildman–Crippen MR) is 93.1 cm³/mol. The number of piperidine rings is 1. The molecular weight excluding hydrogens is 323 g/mol. The lowest BCUT2D eigenvalue weighted by atomic mass is 10.1. The molecule has 1 fully saturated rings. The number of amides is 1. The van der Waals surface area contributed by atoms with E-state index >= 15 is 0 Å². The number of likely N-dealkylation sites (tertiary alicyclic amines) is 1. The fraction of sp³-hybridized carbons (Fsp3) is 0.474. The van der Waals surface area contributed by atoms with Gasteiger partial charge in [-0.3, -0.25) is 4.98 Å². The molecule has 1 aliphatic heterocycles. The van der Waals surface area contributed by atoms with E-state index in [2.05, 4.69) is 4.98 Å². The van der Waals surface area contributed by atoms with Crippen molar-refractivity contribution < 1.29 is 18.7 Å². The molecule has 0 atom stereocenters. The van der Waals surface area contributed by atoms with Gasteiger partial charge in [0.2, 0.25) is 0 Å². The summed E-state index contributed by atoms with van der Waals surface area (Å²) < 4.78 is 25.0. The molecule has 0 radical (unpaired) electrons. The number of ether oxygens (including phenoxy) is 2. The van der Waals surface area contributed by atoms with E-state index in [1.54, 1.807) is 17.2 Å². The number of carbonyl (C=O) groups is 1. The summed E-state index contributed by atoms with van der Waals surface area (Å²) in [7, 11) is 0. The molecular formula is C19H23FN2O3. The molecule has 1 aliphatic rings. The fourth-order valence-electron chi connectivity index (χ4n) is 2.88. The van der Waals surface area contributed by atoms with Crippen LogP contribution in [0.2, 0.25) is 0 Å². The van der Waals surface area contributed by atoms with Crippen LogP contribution in [0.1, 0.15) is 26.7 Å². The first-order valence-electron chi connectivity index (χ1n) is 8.65. The molecule has 2 aromatic rings. The SMILES string of the molecule is CC(C)COC(=O)N1CCC(Oc2cc(F)cc3cccnc23)CC1. The highest BCUT2D eigenvalue weighted by Crippen LogP contribution is 2.28. The van der Waals surface area contributed by atoms with Gasteiger partial charge < -0.3 is 14.4 Å². The molecule has 0 bridgehead atoms. The van der Waals surface area contributed by atoms with Gasteiger partial charge in [-0.05, 0) is 18.1 Å². The number of rotatable bonds is 4. The Morgan fingerprint density at radius 3 is 2.84 bits per heavy atom. The molecule has 2 heterocycles. The Hall–Kier alpha value is -2.37. The standard InChI is InChI=1S/C19H23FN2O3/c1-13(2)12-24-19(23)22-8-5-16(6-9-22)25-17-11-15(20)10-14-4-3-7-21-18(14)17/h3-4,7,10-11,13,16H,5-6,8-9,12H2,1-2H3. The highest BCUT2D eigenvalue weighted by molar-refractivity contribution is 5.84. The molecule has 25 heavy (non-hydrogen) atoms. The normalized spacial score (nSPS) is 15.6. The van der Waals surface area contributed by atoms with E-state index in [9.17, 15) is 9.18 Å². The summed E-state index contributed by atoms with van der Waals surface area (Å²) in [5.74, 6) is 0.431. The van der Waals surface area contributed by atoms with Gasteiger partial charge in [-0.2, -0.15) is 0 Å². The van der Waals surface area contributed by atoms with Crippen molar-refractivity contribution in [1.82, 2.24) is 9.88 Å². The van der Waals surface area contributed by atoms with Gasteiger partial charge in [-0.25, -0.2) is 9.18 Å². The van der Waals surface area contributed by atoms with Gasteiger partial charge in [0, 0.05) is 43.6 Å². The number of hydrogen-bond acceptors (Lipinski definition) is 4. The second kappa shape index (κ2) is 7.68. The summed E-state index contributed by atoms with van der Waals surface area (Å²) in [6.07, 6.45) is 2.69. The van der Waals surface area contributed by atoms with Crippen molar-refractivity contribution in [3.05, 3.63) is 36.3 Å². The molecule has 1 aromatic heterocycles. The quantitative estimate of drug-likeness (QED) is 0.839. The maximum Gasteiger partial charge on any atom is 0.409 e. The Kier molecular flexibility index (Phi) is 5.36.